The average molecular weight is 313 g/mol. The Hall–Kier alpha value is -1.54. The van der Waals surface area contributed by atoms with Crippen LogP contribution in [0.4, 0.5) is 0 Å². The number of sulfonamides is 1. The Kier molecular flexibility index (Phi) is 4.89. The fourth-order valence-electron chi connectivity index (χ4n) is 2.43. The topological polar surface area (TPSA) is 98.2 Å². The second kappa shape index (κ2) is 6.48. The third-order valence-electron chi connectivity index (χ3n) is 3.41. The first-order chi connectivity index (χ1) is 9.92. The summed E-state index contributed by atoms with van der Waals surface area (Å²) in [7, 11) is -3.99. The number of hydrogen-bond acceptors (Lipinski definition) is 6. The summed E-state index contributed by atoms with van der Waals surface area (Å²) >= 11 is 0. The molecule has 0 saturated carbocycles. The van der Waals surface area contributed by atoms with Gasteiger partial charge in [-0.05, 0) is 18.8 Å². The van der Waals surface area contributed by atoms with Crippen LogP contribution in [-0.2, 0) is 19.6 Å². The van der Waals surface area contributed by atoms with Gasteiger partial charge in [-0.2, -0.15) is 8.42 Å². The molecule has 1 N–H and O–H groups in total. The molecule has 0 unspecified atom stereocenters. The van der Waals surface area contributed by atoms with Crippen LogP contribution in [0.3, 0.4) is 0 Å². The van der Waals surface area contributed by atoms with Crippen molar-refractivity contribution < 1.29 is 17.9 Å². The zero-order valence-electron chi connectivity index (χ0n) is 12.0. The van der Waals surface area contributed by atoms with Crippen molar-refractivity contribution in [2.45, 2.75) is 37.8 Å². The van der Waals surface area contributed by atoms with E-state index < -0.39 is 21.8 Å². The standard InChI is InChI=1S/C13H19N3O4S/c1-9(2)12-10(4-3-7-20-12)13(17)16-21(18,19)11-8-14-5-6-15-11/h5-6,8-10,12H,3-4,7H2,1-2H3,(H,16,17)/t10-,12-/m0/s1. The van der Waals surface area contributed by atoms with Crippen molar-refractivity contribution in [3.8, 4) is 0 Å². The van der Waals surface area contributed by atoms with E-state index in [4.69, 9.17) is 4.74 Å². The lowest BCUT2D eigenvalue weighted by Crippen LogP contribution is -2.45. The van der Waals surface area contributed by atoms with Crippen LogP contribution in [0.15, 0.2) is 23.6 Å². The minimum Gasteiger partial charge on any atom is -0.377 e. The number of carbonyl (C=O) groups is 1. The van der Waals surface area contributed by atoms with Crippen LogP contribution in [0, 0.1) is 11.8 Å². The Morgan fingerprint density at radius 1 is 1.43 bits per heavy atom. The molecule has 21 heavy (non-hydrogen) atoms. The van der Waals surface area contributed by atoms with Gasteiger partial charge in [0.05, 0.1) is 18.2 Å². The van der Waals surface area contributed by atoms with Crippen molar-refractivity contribution in [1.29, 1.82) is 0 Å². The predicted octanol–water partition coefficient (Wildman–Crippen LogP) is 0.733. The van der Waals surface area contributed by atoms with E-state index in [0.717, 1.165) is 12.6 Å². The maximum atomic E-state index is 12.3. The van der Waals surface area contributed by atoms with Gasteiger partial charge in [0.2, 0.25) is 5.91 Å². The minimum atomic E-state index is -3.99. The summed E-state index contributed by atoms with van der Waals surface area (Å²) in [6.07, 6.45) is 4.82. The average Bonchev–Trinajstić information content (AvgIpc) is 2.47. The summed E-state index contributed by atoms with van der Waals surface area (Å²) in [5.74, 6) is -0.871. The lowest BCUT2D eigenvalue weighted by atomic mass is 9.87. The van der Waals surface area contributed by atoms with Gasteiger partial charge >= 0.3 is 0 Å². The summed E-state index contributed by atoms with van der Waals surface area (Å²) in [5, 5.41) is -0.267. The molecule has 1 aliphatic heterocycles. The van der Waals surface area contributed by atoms with Gasteiger partial charge in [0.1, 0.15) is 0 Å². The van der Waals surface area contributed by atoms with Crippen molar-refractivity contribution >= 4 is 15.9 Å². The van der Waals surface area contributed by atoms with Crippen LogP contribution < -0.4 is 4.72 Å². The zero-order chi connectivity index (χ0) is 15.5. The van der Waals surface area contributed by atoms with Gasteiger partial charge in [-0.15, -0.1) is 0 Å². The van der Waals surface area contributed by atoms with Crippen molar-refractivity contribution in [2.75, 3.05) is 6.61 Å². The Morgan fingerprint density at radius 3 is 2.81 bits per heavy atom. The number of aromatic nitrogens is 2. The van der Waals surface area contributed by atoms with E-state index in [-0.39, 0.29) is 17.0 Å². The van der Waals surface area contributed by atoms with Crippen LogP contribution in [-0.4, -0.2) is 37.0 Å². The van der Waals surface area contributed by atoms with E-state index >= 15 is 0 Å². The molecule has 1 fully saturated rings. The van der Waals surface area contributed by atoms with Crippen LogP contribution in [0.1, 0.15) is 26.7 Å². The summed E-state index contributed by atoms with van der Waals surface area (Å²) in [6, 6.07) is 0. The molecule has 2 rings (SSSR count). The quantitative estimate of drug-likeness (QED) is 0.880. The Morgan fingerprint density at radius 2 is 2.19 bits per heavy atom. The molecule has 8 heteroatoms. The monoisotopic (exact) mass is 313 g/mol. The van der Waals surface area contributed by atoms with Gasteiger partial charge in [0.25, 0.3) is 10.0 Å². The van der Waals surface area contributed by atoms with E-state index in [2.05, 4.69) is 14.7 Å². The summed E-state index contributed by atoms with van der Waals surface area (Å²) < 4.78 is 31.9. The molecule has 0 aromatic carbocycles. The number of amides is 1. The maximum Gasteiger partial charge on any atom is 0.283 e. The fraction of sp³-hybridized carbons (Fsp3) is 0.615. The normalized spacial score (nSPS) is 23.0. The second-order valence-electron chi connectivity index (χ2n) is 5.34. The molecule has 7 nitrogen and oxygen atoms in total. The number of carbonyl (C=O) groups excluding carboxylic acids is 1. The highest BCUT2D eigenvalue weighted by Gasteiger charge is 2.36. The van der Waals surface area contributed by atoms with E-state index in [1.165, 1.54) is 12.4 Å². The van der Waals surface area contributed by atoms with Gasteiger partial charge in [-0.3, -0.25) is 9.78 Å². The molecule has 116 valence electrons. The fourth-order valence-corrected chi connectivity index (χ4v) is 3.35. The van der Waals surface area contributed by atoms with Gasteiger partial charge < -0.3 is 4.74 Å². The molecule has 1 aromatic rings. The summed E-state index contributed by atoms with van der Waals surface area (Å²) in [5.41, 5.74) is 0. The molecule has 1 aliphatic rings. The largest absolute Gasteiger partial charge is 0.377 e. The van der Waals surface area contributed by atoms with Gasteiger partial charge in [-0.25, -0.2) is 9.71 Å². The highest BCUT2D eigenvalue weighted by Crippen LogP contribution is 2.26. The number of ether oxygens (including phenoxy) is 1. The number of nitrogens with one attached hydrogen (secondary N) is 1. The van der Waals surface area contributed by atoms with Crippen molar-refractivity contribution in [2.24, 2.45) is 11.8 Å². The molecule has 0 bridgehead atoms. The Labute approximate surface area is 124 Å². The van der Waals surface area contributed by atoms with Gasteiger partial charge in [0, 0.05) is 19.0 Å². The lowest BCUT2D eigenvalue weighted by molar-refractivity contribution is -0.135. The number of hydrogen-bond donors (Lipinski definition) is 1. The maximum absolute atomic E-state index is 12.3. The van der Waals surface area contributed by atoms with Crippen LogP contribution in [0.5, 0.6) is 0 Å². The summed E-state index contributed by atoms with van der Waals surface area (Å²) in [4.78, 5) is 19.7. The van der Waals surface area contributed by atoms with Crippen molar-refractivity contribution in [3.05, 3.63) is 18.6 Å². The first-order valence-electron chi connectivity index (χ1n) is 6.86. The second-order valence-corrected chi connectivity index (χ2v) is 6.97. The molecule has 1 aromatic heterocycles. The molecule has 0 aliphatic carbocycles. The van der Waals surface area contributed by atoms with Crippen LogP contribution in [0.25, 0.3) is 0 Å². The first-order valence-corrected chi connectivity index (χ1v) is 8.34. The van der Waals surface area contributed by atoms with Crippen LogP contribution in [0.2, 0.25) is 0 Å². The molecule has 0 radical (unpaired) electrons. The SMILES string of the molecule is CC(C)[C@@H]1OCCC[C@@H]1C(=O)NS(=O)(=O)c1cnccn1. The van der Waals surface area contributed by atoms with E-state index in [9.17, 15) is 13.2 Å². The third kappa shape index (κ3) is 3.76. The minimum absolute atomic E-state index is 0.139. The predicted molar refractivity (Wildman–Crippen MR) is 74.7 cm³/mol. The molecular weight excluding hydrogens is 294 g/mol. The third-order valence-corrected chi connectivity index (χ3v) is 4.64. The molecular formula is C13H19N3O4S. The number of nitrogens with zero attached hydrogens (tertiary/aromatic N) is 2. The zero-order valence-corrected chi connectivity index (χ0v) is 12.8. The summed E-state index contributed by atoms with van der Waals surface area (Å²) in [6.45, 7) is 4.50. The lowest BCUT2D eigenvalue weighted by Gasteiger charge is -2.33. The van der Waals surface area contributed by atoms with E-state index in [0.29, 0.717) is 13.0 Å². The van der Waals surface area contributed by atoms with Crippen molar-refractivity contribution in [1.82, 2.24) is 14.7 Å². The van der Waals surface area contributed by atoms with Crippen LogP contribution >= 0.6 is 0 Å². The molecule has 2 atom stereocenters. The highest BCUT2D eigenvalue weighted by molar-refractivity contribution is 7.90. The Bertz CT molecular complexity index is 589. The van der Waals surface area contributed by atoms with Crippen molar-refractivity contribution in [3.63, 3.8) is 0 Å². The van der Waals surface area contributed by atoms with Gasteiger partial charge in [-0.1, -0.05) is 13.8 Å². The molecule has 0 spiro atoms. The van der Waals surface area contributed by atoms with Gasteiger partial charge in [0.15, 0.2) is 5.03 Å². The smallest absolute Gasteiger partial charge is 0.283 e. The van der Waals surface area contributed by atoms with E-state index in [1.807, 2.05) is 13.8 Å². The molecule has 1 amide bonds. The molecule has 2 heterocycles. The highest BCUT2D eigenvalue weighted by atomic mass is 32.2. The van der Waals surface area contributed by atoms with E-state index in [1.54, 1.807) is 0 Å². The Balaban J connectivity index is 2.13. The molecule has 1 saturated heterocycles. The number of rotatable bonds is 4. The first kappa shape index (κ1) is 15.8.